The highest BCUT2D eigenvalue weighted by Crippen LogP contribution is 2.26. The Morgan fingerprint density at radius 3 is 2.45 bits per heavy atom. The average Bonchev–Trinajstić information content (AvgIpc) is 2.88. The van der Waals surface area contributed by atoms with Crippen LogP contribution in [-0.4, -0.2) is 15.0 Å². The summed E-state index contributed by atoms with van der Waals surface area (Å²) in [5, 5.41) is 4.33. The highest BCUT2D eigenvalue weighted by Gasteiger charge is 2.13. The van der Waals surface area contributed by atoms with Crippen LogP contribution in [0.3, 0.4) is 0 Å². The van der Waals surface area contributed by atoms with Gasteiger partial charge in [0.25, 0.3) is 0 Å². The molecular formula is C16H18N4. The Bertz CT molecular complexity index is 720. The topological polar surface area (TPSA) is 53.6 Å². The van der Waals surface area contributed by atoms with Gasteiger partial charge >= 0.3 is 0 Å². The van der Waals surface area contributed by atoms with Gasteiger partial charge in [-0.2, -0.15) is 0 Å². The van der Waals surface area contributed by atoms with Crippen LogP contribution in [0.1, 0.15) is 26.3 Å². The maximum atomic E-state index is 4.30. The van der Waals surface area contributed by atoms with Gasteiger partial charge in [-0.25, -0.2) is 9.97 Å². The second kappa shape index (κ2) is 4.63. The van der Waals surface area contributed by atoms with Gasteiger partial charge in [0, 0.05) is 11.9 Å². The van der Waals surface area contributed by atoms with Crippen LogP contribution < -0.4 is 5.32 Å². The maximum Gasteiger partial charge on any atom is 0.143 e. The van der Waals surface area contributed by atoms with E-state index in [2.05, 4.69) is 65.3 Å². The van der Waals surface area contributed by atoms with Gasteiger partial charge in [-0.3, -0.25) is 0 Å². The molecule has 0 saturated carbocycles. The molecule has 1 aromatic carbocycles. The second-order valence-corrected chi connectivity index (χ2v) is 5.91. The summed E-state index contributed by atoms with van der Waals surface area (Å²) in [5.74, 6) is 0.819. The first-order chi connectivity index (χ1) is 9.54. The van der Waals surface area contributed by atoms with Crippen molar-refractivity contribution in [1.82, 2.24) is 15.0 Å². The lowest BCUT2D eigenvalue weighted by atomic mass is 9.87. The molecule has 2 N–H and O–H groups in total. The minimum absolute atomic E-state index is 0.168. The summed E-state index contributed by atoms with van der Waals surface area (Å²) in [4.78, 5) is 11.6. The van der Waals surface area contributed by atoms with Gasteiger partial charge in [-0.1, -0.05) is 32.9 Å². The second-order valence-electron chi connectivity index (χ2n) is 5.91. The third-order valence-corrected chi connectivity index (χ3v) is 3.37. The third kappa shape index (κ3) is 2.37. The van der Waals surface area contributed by atoms with Crippen molar-refractivity contribution in [3.8, 4) is 0 Å². The van der Waals surface area contributed by atoms with E-state index in [1.54, 1.807) is 6.33 Å². The molecule has 102 valence electrons. The zero-order valence-corrected chi connectivity index (χ0v) is 11.9. The smallest absolute Gasteiger partial charge is 0.143 e. The van der Waals surface area contributed by atoms with E-state index in [1.165, 1.54) is 5.56 Å². The van der Waals surface area contributed by atoms with Crippen LogP contribution in [0.4, 0.5) is 11.5 Å². The first kappa shape index (κ1) is 12.7. The maximum absolute atomic E-state index is 4.30. The van der Waals surface area contributed by atoms with Crippen LogP contribution in [0.2, 0.25) is 0 Å². The van der Waals surface area contributed by atoms with E-state index in [0.717, 1.165) is 22.5 Å². The lowest BCUT2D eigenvalue weighted by Gasteiger charge is -2.19. The first-order valence-corrected chi connectivity index (χ1v) is 6.70. The minimum Gasteiger partial charge on any atom is -0.346 e. The molecule has 0 bridgehead atoms. The van der Waals surface area contributed by atoms with E-state index < -0.39 is 0 Å². The van der Waals surface area contributed by atoms with Crippen molar-refractivity contribution in [3.63, 3.8) is 0 Å². The van der Waals surface area contributed by atoms with Gasteiger partial charge in [-0.15, -0.1) is 0 Å². The Hall–Kier alpha value is -2.36. The van der Waals surface area contributed by atoms with Crippen LogP contribution in [0.5, 0.6) is 0 Å². The van der Waals surface area contributed by atoms with Crippen molar-refractivity contribution in [3.05, 3.63) is 48.4 Å². The van der Waals surface area contributed by atoms with Crippen molar-refractivity contribution in [1.29, 1.82) is 0 Å². The van der Waals surface area contributed by atoms with E-state index in [0.29, 0.717) is 0 Å². The number of rotatable bonds is 2. The molecule has 2 heterocycles. The number of benzene rings is 1. The lowest BCUT2D eigenvalue weighted by Crippen LogP contribution is -2.10. The molecule has 4 heteroatoms. The average molecular weight is 266 g/mol. The van der Waals surface area contributed by atoms with E-state index in [-0.39, 0.29) is 5.41 Å². The number of H-pyrrole nitrogens is 1. The molecule has 0 atom stereocenters. The zero-order chi connectivity index (χ0) is 14.2. The summed E-state index contributed by atoms with van der Waals surface area (Å²) in [6.45, 7) is 6.63. The predicted octanol–water partition coefficient (Wildman–Crippen LogP) is 4.00. The van der Waals surface area contributed by atoms with E-state index >= 15 is 0 Å². The Labute approximate surface area is 118 Å². The normalized spacial score (nSPS) is 11.8. The van der Waals surface area contributed by atoms with E-state index in [1.807, 2.05) is 12.3 Å². The van der Waals surface area contributed by atoms with Crippen LogP contribution in [-0.2, 0) is 5.41 Å². The molecule has 0 unspecified atom stereocenters. The highest BCUT2D eigenvalue weighted by molar-refractivity contribution is 5.88. The number of nitrogens with one attached hydrogen (secondary N) is 2. The van der Waals surface area contributed by atoms with E-state index in [9.17, 15) is 0 Å². The molecular weight excluding hydrogens is 248 g/mol. The molecule has 0 radical (unpaired) electrons. The Kier molecular flexibility index (Phi) is 2.93. The number of aromatic amines is 1. The lowest BCUT2D eigenvalue weighted by molar-refractivity contribution is 0.590. The molecule has 0 aliphatic heterocycles. The summed E-state index contributed by atoms with van der Waals surface area (Å²) in [6.07, 6.45) is 3.43. The van der Waals surface area contributed by atoms with Crippen molar-refractivity contribution in [2.45, 2.75) is 26.2 Å². The SMILES string of the molecule is CC(C)(C)c1ccc(Nc2ncnc3[nH]ccc23)cc1. The Balaban J connectivity index is 1.90. The molecule has 3 aromatic rings. The fraction of sp³-hybridized carbons (Fsp3) is 0.250. The quantitative estimate of drug-likeness (QED) is 0.737. The van der Waals surface area contributed by atoms with Crippen LogP contribution >= 0.6 is 0 Å². The number of nitrogens with zero attached hydrogens (tertiary/aromatic N) is 2. The molecule has 3 rings (SSSR count). The van der Waals surface area contributed by atoms with Gasteiger partial charge in [0.1, 0.15) is 17.8 Å². The molecule has 2 aromatic heterocycles. The Morgan fingerprint density at radius 1 is 1.00 bits per heavy atom. The molecule has 0 fully saturated rings. The molecule has 20 heavy (non-hydrogen) atoms. The number of aromatic nitrogens is 3. The number of anilines is 2. The monoisotopic (exact) mass is 266 g/mol. The van der Waals surface area contributed by atoms with Gasteiger partial charge in [0.15, 0.2) is 0 Å². The summed E-state index contributed by atoms with van der Waals surface area (Å²) < 4.78 is 0. The predicted molar refractivity (Wildman–Crippen MR) is 82.3 cm³/mol. The molecule has 0 spiro atoms. The van der Waals surface area contributed by atoms with Crippen LogP contribution in [0.15, 0.2) is 42.9 Å². The van der Waals surface area contributed by atoms with Crippen molar-refractivity contribution in [2.75, 3.05) is 5.32 Å². The van der Waals surface area contributed by atoms with Gasteiger partial charge in [0.2, 0.25) is 0 Å². The minimum atomic E-state index is 0.168. The molecule has 0 aliphatic rings. The van der Waals surface area contributed by atoms with Gasteiger partial charge in [0.05, 0.1) is 5.39 Å². The standard InChI is InChI=1S/C16H18N4/c1-16(2,3)11-4-6-12(7-5-11)20-15-13-8-9-17-14(13)18-10-19-15/h4-10H,1-3H3,(H2,17,18,19,20). The highest BCUT2D eigenvalue weighted by atomic mass is 15.0. The molecule has 0 saturated heterocycles. The van der Waals surface area contributed by atoms with E-state index in [4.69, 9.17) is 0 Å². The summed E-state index contributed by atoms with van der Waals surface area (Å²) in [6, 6.07) is 10.4. The fourth-order valence-electron chi connectivity index (χ4n) is 2.16. The summed E-state index contributed by atoms with van der Waals surface area (Å²) in [5.41, 5.74) is 3.35. The molecule has 0 aliphatic carbocycles. The zero-order valence-electron chi connectivity index (χ0n) is 11.9. The van der Waals surface area contributed by atoms with Crippen LogP contribution in [0.25, 0.3) is 11.0 Å². The Morgan fingerprint density at radius 2 is 1.75 bits per heavy atom. The largest absolute Gasteiger partial charge is 0.346 e. The fourth-order valence-corrected chi connectivity index (χ4v) is 2.16. The van der Waals surface area contributed by atoms with Crippen LogP contribution in [0, 0.1) is 0 Å². The summed E-state index contributed by atoms with van der Waals surface area (Å²) >= 11 is 0. The molecule has 0 amide bonds. The number of hydrogen-bond donors (Lipinski definition) is 2. The first-order valence-electron chi connectivity index (χ1n) is 6.70. The summed E-state index contributed by atoms with van der Waals surface area (Å²) in [7, 11) is 0. The van der Waals surface area contributed by atoms with Crippen molar-refractivity contribution in [2.24, 2.45) is 0 Å². The van der Waals surface area contributed by atoms with Gasteiger partial charge < -0.3 is 10.3 Å². The third-order valence-electron chi connectivity index (χ3n) is 3.37. The van der Waals surface area contributed by atoms with Crippen molar-refractivity contribution >= 4 is 22.5 Å². The molecule has 4 nitrogen and oxygen atoms in total. The number of fused-ring (bicyclic) bond motifs is 1. The van der Waals surface area contributed by atoms with Crippen molar-refractivity contribution < 1.29 is 0 Å². The van der Waals surface area contributed by atoms with Gasteiger partial charge in [-0.05, 0) is 29.2 Å². The number of hydrogen-bond acceptors (Lipinski definition) is 3.